The van der Waals surface area contributed by atoms with Crippen LogP contribution < -0.4 is 9.47 Å². The minimum Gasteiger partial charge on any atom is -0.454 e. The van der Waals surface area contributed by atoms with Gasteiger partial charge in [0.1, 0.15) is 0 Å². The van der Waals surface area contributed by atoms with Gasteiger partial charge in [-0.2, -0.15) is 0 Å². The van der Waals surface area contributed by atoms with Crippen molar-refractivity contribution in [1.29, 1.82) is 0 Å². The largest absolute Gasteiger partial charge is 0.454 e. The van der Waals surface area contributed by atoms with E-state index in [1.54, 1.807) is 0 Å². The molecular formula is C14H17NO2. The number of fused-ring (bicyclic) bond motifs is 3. The van der Waals surface area contributed by atoms with Gasteiger partial charge in [-0.05, 0) is 55.5 Å². The van der Waals surface area contributed by atoms with Crippen LogP contribution in [0.3, 0.4) is 0 Å². The molecule has 0 amide bonds. The molecule has 3 heterocycles. The van der Waals surface area contributed by atoms with Gasteiger partial charge in [-0.3, -0.25) is 4.90 Å². The molecule has 3 aliphatic rings. The predicted molar refractivity (Wildman–Crippen MR) is 64.6 cm³/mol. The Hall–Kier alpha value is -1.22. The fourth-order valence-corrected chi connectivity index (χ4v) is 3.39. The number of ether oxygens (including phenoxy) is 2. The van der Waals surface area contributed by atoms with Crippen LogP contribution >= 0.6 is 0 Å². The van der Waals surface area contributed by atoms with Crippen molar-refractivity contribution < 1.29 is 9.47 Å². The van der Waals surface area contributed by atoms with E-state index in [-0.39, 0.29) is 0 Å². The van der Waals surface area contributed by atoms with Gasteiger partial charge in [-0.1, -0.05) is 0 Å². The normalized spacial score (nSPS) is 26.5. The summed E-state index contributed by atoms with van der Waals surface area (Å²) in [5.41, 5.74) is 2.94. The molecule has 3 nitrogen and oxygen atoms in total. The Morgan fingerprint density at radius 1 is 1.06 bits per heavy atom. The second kappa shape index (κ2) is 3.64. The topological polar surface area (TPSA) is 21.7 Å². The van der Waals surface area contributed by atoms with Crippen LogP contribution in [0.2, 0.25) is 0 Å². The average Bonchev–Trinajstić information content (AvgIpc) is 2.92. The van der Waals surface area contributed by atoms with E-state index in [2.05, 4.69) is 17.0 Å². The molecule has 0 N–H and O–H groups in total. The van der Waals surface area contributed by atoms with Gasteiger partial charge in [0.2, 0.25) is 6.79 Å². The van der Waals surface area contributed by atoms with Crippen LogP contribution in [0, 0.1) is 0 Å². The van der Waals surface area contributed by atoms with Crippen molar-refractivity contribution in [2.45, 2.75) is 31.7 Å². The van der Waals surface area contributed by atoms with Crippen molar-refractivity contribution in [3.05, 3.63) is 23.3 Å². The van der Waals surface area contributed by atoms with Gasteiger partial charge in [0.25, 0.3) is 0 Å². The zero-order valence-corrected chi connectivity index (χ0v) is 9.95. The lowest BCUT2D eigenvalue weighted by Gasteiger charge is -2.20. The van der Waals surface area contributed by atoms with E-state index < -0.39 is 0 Å². The number of benzene rings is 1. The smallest absolute Gasteiger partial charge is 0.231 e. The summed E-state index contributed by atoms with van der Waals surface area (Å²) in [4.78, 5) is 2.65. The molecule has 3 aliphatic heterocycles. The molecule has 0 radical (unpaired) electrons. The average molecular weight is 231 g/mol. The van der Waals surface area contributed by atoms with Gasteiger partial charge in [0.05, 0.1) is 0 Å². The summed E-state index contributed by atoms with van der Waals surface area (Å²) < 4.78 is 10.9. The molecule has 1 aromatic rings. The first-order chi connectivity index (χ1) is 8.40. The van der Waals surface area contributed by atoms with Gasteiger partial charge >= 0.3 is 0 Å². The van der Waals surface area contributed by atoms with Gasteiger partial charge in [0, 0.05) is 12.6 Å². The summed E-state index contributed by atoms with van der Waals surface area (Å²) in [6.45, 7) is 2.87. The van der Waals surface area contributed by atoms with Gasteiger partial charge in [-0.15, -0.1) is 0 Å². The van der Waals surface area contributed by atoms with Gasteiger partial charge in [0.15, 0.2) is 11.5 Å². The molecule has 0 aliphatic carbocycles. The zero-order valence-electron chi connectivity index (χ0n) is 9.95. The van der Waals surface area contributed by atoms with Crippen LogP contribution in [0.25, 0.3) is 0 Å². The maximum atomic E-state index is 5.48. The molecule has 1 aromatic carbocycles. The third-order valence-corrected chi connectivity index (χ3v) is 4.32. The molecule has 1 saturated heterocycles. The lowest BCUT2D eigenvalue weighted by Crippen LogP contribution is -2.30. The molecule has 0 bridgehead atoms. The van der Waals surface area contributed by atoms with E-state index in [1.165, 1.54) is 43.5 Å². The Balaban J connectivity index is 1.73. The lowest BCUT2D eigenvalue weighted by atomic mass is 9.98. The van der Waals surface area contributed by atoms with Crippen LogP contribution in [0.1, 0.15) is 24.0 Å². The van der Waals surface area contributed by atoms with E-state index in [0.717, 1.165) is 24.0 Å². The molecule has 0 unspecified atom stereocenters. The van der Waals surface area contributed by atoms with Crippen molar-refractivity contribution in [3.8, 4) is 11.5 Å². The summed E-state index contributed by atoms with van der Waals surface area (Å²) in [6.07, 6.45) is 5.06. The molecule has 90 valence electrons. The molecule has 0 saturated carbocycles. The summed E-state index contributed by atoms with van der Waals surface area (Å²) in [7, 11) is 0. The summed E-state index contributed by atoms with van der Waals surface area (Å²) >= 11 is 0. The first kappa shape index (κ1) is 9.77. The Bertz CT molecular complexity index is 458. The van der Waals surface area contributed by atoms with Crippen LogP contribution in [0.15, 0.2) is 12.1 Å². The third-order valence-electron chi connectivity index (χ3n) is 4.32. The quantitative estimate of drug-likeness (QED) is 0.681. The fraction of sp³-hybridized carbons (Fsp3) is 0.571. The van der Waals surface area contributed by atoms with E-state index in [1.807, 2.05) is 0 Å². The molecule has 0 spiro atoms. The second-order valence-electron chi connectivity index (χ2n) is 5.26. The Kier molecular flexibility index (Phi) is 2.09. The highest BCUT2D eigenvalue weighted by molar-refractivity contribution is 5.49. The lowest BCUT2D eigenvalue weighted by molar-refractivity contribution is 0.174. The van der Waals surface area contributed by atoms with Crippen molar-refractivity contribution in [2.24, 2.45) is 0 Å². The monoisotopic (exact) mass is 231 g/mol. The summed E-state index contributed by atoms with van der Waals surface area (Å²) in [5, 5.41) is 0. The molecule has 3 heteroatoms. The van der Waals surface area contributed by atoms with Crippen LogP contribution in [0.5, 0.6) is 11.5 Å². The Morgan fingerprint density at radius 3 is 2.76 bits per heavy atom. The van der Waals surface area contributed by atoms with Crippen molar-refractivity contribution in [2.75, 3.05) is 19.9 Å². The van der Waals surface area contributed by atoms with Crippen LogP contribution in [-0.2, 0) is 12.8 Å². The van der Waals surface area contributed by atoms with Gasteiger partial charge in [-0.25, -0.2) is 0 Å². The predicted octanol–water partition coefficient (Wildman–Crippen LogP) is 1.98. The zero-order chi connectivity index (χ0) is 11.2. The number of rotatable bonds is 0. The maximum Gasteiger partial charge on any atom is 0.231 e. The molecule has 0 aromatic heterocycles. The van der Waals surface area contributed by atoms with Gasteiger partial charge < -0.3 is 9.47 Å². The maximum absolute atomic E-state index is 5.48. The minimum absolute atomic E-state index is 0.383. The number of nitrogens with zero attached hydrogens (tertiary/aromatic N) is 1. The molecular weight excluding hydrogens is 214 g/mol. The number of hydrogen-bond donors (Lipinski definition) is 0. The summed E-state index contributed by atoms with van der Waals surface area (Å²) in [6, 6.07) is 5.16. The molecule has 1 fully saturated rings. The highest BCUT2D eigenvalue weighted by Gasteiger charge is 2.29. The second-order valence-corrected chi connectivity index (χ2v) is 5.26. The van der Waals surface area contributed by atoms with Crippen molar-refractivity contribution in [1.82, 2.24) is 4.90 Å². The fourth-order valence-electron chi connectivity index (χ4n) is 3.39. The summed E-state index contributed by atoms with van der Waals surface area (Å²) in [5.74, 6) is 1.88. The van der Waals surface area contributed by atoms with E-state index in [9.17, 15) is 0 Å². The highest BCUT2D eigenvalue weighted by Crippen LogP contribution is 2.37. The third kappa shape index (κ3) is 1.53. The van der Waals surface area contributed by atoms with Crippen LogP contribution in [-0.4, -0.2) is 30.8 Å². The first-order valence-electron chi connectivity index (χ1n) is 6.55. The highest BCUT2D eigenvalue weighted by atomic mass is 16.7. The van der Waals surface area contributed by atoms with Crippen molar-refractivity contribution in [3.63, 3.8) is 0 Å². The van der Waals surface area contributed by atoms with E-state index >= 15 is 0 Å². The van der Waals surface area contributed by atoms with Crippen molar-refractivity contribution >= 4 is 0 Å². The van der Waals surface area contributed by atoms with Crippen LogP contribution in [0.4, 0.5) is 0 Å². The molecule has 17 heavy (non-hydrogen) atoms. The Labute approximate surface area is 101 Å². The van der Waals surface area contributed by atoms with E-state index in [0.29, 0.717) is 6.79 Å². The standard InChI is InChI=1S/C14H17NO2/c1-2-12-6-11-8-14-13(16-9-17-14)7-10(11)3-5-15(12)4-1/h7-8,12H,1-6,9H2/t12-/m0/s1. The minimum atomic E-state index is 0.383. The number of hydrogen-bond acceptors (Lipinski definition) is 3. The molecule has 1 atom stereocenters. The van der Waals surface area contributed by atoms with E-state index in [4.69, 9.17) is 9.47 Å². The Morgan fingerprint density at radius 2 is 1.88 bits per heavy atom. The SMILES string of the molecule is c1c2c(cc3c1OCO3)C[C@@H]1CCCN1CC2. The molecule has 4 rings (SSSR count). The first-order valence-corrected chi connectivity index (χ1v) is 6.55.